The molecule has 0 aliphatic carbocycles. The SMILES string of the molecule is CC(C)(C)OC(=O)Nc1cc(N2CC(NC(=O)OC(C)(C)C)C2)nc2c(Br)cnn12. The third kappa shape index (κ3) is 5.53. The van der Waals surface area contributed by atoms with E-state index >= 15 is 0 Å². The van der Waals surface area contributed by atoms with Crippen molar-refractivity contribution in [3.05, 3.63) is 16.7 Å². The summed E-state index contributed by atoms with van der Waals surface area (Å²) in [5.74, 6) is 1.08. The number of carbonyl (C=O) groups excluding carboxylic acids is 2. The summed E-state index contributed by atoms with van der Waals surface area (Å²) in [5, 5.41) is 9.82. The Labute approximate surface area is 183 Å². The molecule has 2 aromatic heterocycles. The molecule has 3 rings (SSSR count). The molecule has 0 bridgehead atoms. The fourth-order valence-corrected chi connectivity index (χ4v) is 3.16. The average Bonchev–Trinajstić information content (AvgIpc) is 2.88. The first-order valence-corrected chi connectivity index (χ1v) is 10.4. The summed E-state index contributed by atoms with van der Waals surface area (Å²) in [7, 11) is 0. The quantitative estimate of drug-likeness (QED) is 0.687. The summed E-state index contributed by atoms with van der Waals surface area (Å²) < 4.78 is 12.8. The lowest BCUT2D eigenvalue weighted by Gasteiger charge is -2.40. The molecule has 2 amide bonds. The van der Waals surface area contributed by atoms with Gasteiger partial charge in [0.1, 0.15) is 22.8 Å². The highest BCUT2D eigenvalue weighted by atomic mass is 79.9. The van der Waals surface area contributed by atoms with Gasteiger partial charge in [0.25, 0.3) is 0 Å². The maximum atomic E-state index is 12.2. The van der Waals surface area contributed by atoms with Crippen molar-refractivity contribution in [2.45, 2.75) is 58.8 Å². The normalized spacial score (nSPS) is 15.0. The maximum absolute atomic E-state index is 12.2. The lowest BCUT2D eigenvalue weighted by molar-refractivity contribution is 0.0495. The molecule has 30 heavy (non-hydrogen) atoms. The Morgan fingerprint density at radius 1 is 1.10 bits per heavy atom. The number of aromatic nitrogens is 3. The van der Waals surface area contributed by atoms with Crippen molar-refractivity contribution in [2.75, 3.05) is 23.3 Å². The fourth-order valence-electron chi connectivity index (χ4n) is 2.81. The second kappa shape index (κ2) is 7.93. The van der Waals surface area contributed by atoms with E-state index in [0.717, 1.165) is 0 Å². The number of amides is 2. The first-order valence-electron chi connectivity index (χ1n) is 9.59. The van der Waals surface area contributed by atoms with Gasteiger partial charge in [-0.15, -0.1) is 0 Å². The van der Waals surface area contributed by atoms with Gasteiger partial charge in [-0.1, -0.05) is 0 Å². The Bertz CT molecular complexity index is 956. The van der Waals surface area contributed by atoms with Gasteiger partial charge in [-0.2, -0.15) is 9.61 Å². The standard InChI is InChI=1S/C19H27BrN6O4/c1-18(2,3)29-16(27)22-11-9-25(10-11)13-7-14(24-17(28)30-19(4,5)6)26-15(23-13)12(20)8-21-26/h7-8,11H,9-10H2,1-6H3,(H,22,27)(H,24,28). The predicted molar refractivity (Wildman–Crippen MR) is 116 cm³/mol. The largest absolute Gasteiger partial charge is 0.444 e. The van der Waals surface area contributed by atoms with E-state index in [1.165, 1.54) is 4.52 Å². The van der Waals surface area contributed by atoms with Gasteiger partial charge in [0, 0.05) is 19.2 Å². The molecule has 3 heterocycles. The molecule has 0 saturated carbocycles. The van der Waals surface area contributed by atoms with Crippen molar-refractivity contribution in [1.29, 1.82) is 0 Å². The van der Waals surface area contributed by atoms with Gasteiger partial charge in [0.15, 0.2) is 5.65 Å². The predicted octanol–water partition coefficient (Wildman–Crippen LogP) is 3.55. The van der Waals surface area contributed by atoms with Crippen LogP contribution in [0.3, 0.4) is 0 Å². The van der Waals surface area contributed by atoms with Crippen LogP contribution in [0.25, 0.3) is 5.65 Å². The highest BCUT2D eigenvalue weighted by molar-refractivity contribution is 9.10. The number of fused-ring (bicyclic) bond motifs is 1. The lowest BCUT2D eigenvalue weighted by Crippen LogP contribution is -2.60. The summed E-state index contributed by atoms with van der Waals surface area (Å²) >= 11 is 3.43. The third-order valence-electron chi connectivity index (χ3n) is 3.97. The third-order valence-corrected chi connectivity index (χ3v) is 4.53. The molecule has 0 radical (unpaired) electrons. The van der Waals surface area contributed by atoms with Crippen molar-refractivity contribution in [2.24, 2.45) is 0 Å². The number of nitrogens with one attached hydrogen (secondary N) is 2. The minimum Gasteiger partial charge on any atom is -0.444 e. The van der Waals surface area contributed by atoms with Crippen molar-refractivity contribution >= 4 is 45.4 Å². The zero-order chi connectivity index (χ0) is 22.3. The smallest absolute Gasteiger partial charge is 0.413 e. The van der Waals surface area contributed by atoms with E-state index in [-0.39, 0.29) is 6.04 Å². The topological polar surface area (TPSA) is 110 Å². The molecule has 1 aliphatic rings. The molecule has 164 valence electrons. The Hall–Kier alpha value is -2.56. The zero-order valence-electron chi connectivity index (χ0n) is 17.9. The number of hydrogen-bond donors (Lipinski definition) is 2. The lowest BCUT2D eigenvalue weighted by atomic mass is 10.1. The van der Waals surface area contributed by atoms with Gasteiger partial charge in [-0.3, -0.25) is 5.32 Å². The van der Waals surface area contributed by atoms with Gasteiger partial charge < -0.3 is 19.7 Å². The monoisotopic (exact) mass is 482 g/mol. The van der Waals surface area contributed by atoms with Crippen LogP contribution in [0, 0.1) is 0 Å². The van der Waals surface area contributed by atoms with Crippen LogP contribution in [0.2, 0.25) is 0 Å². The molecule has 1 aliphatic heterocycles. The summed E-state index contributed by atoms with van der Waals surface area (Å²) in [6.07, 6.45) is 0.581. The van der Waals surface area contributed by atoms with Crippen LogP contribution in [0.15, 0.2) is 16.7 Å². The van der Waals surface area contributed by atoms with Gasteiger partial charge in [0.05, 0.1) is 16.7 Å². The minimum absolute atomic E-state index is 0.0477. The molecular formula is C19H27BrN6O4. The Morgan fingerprint density at radius 3 is 2.30 bits per heavy atom. The summed E-state index contributed by atoms with van der Waals surface area (Å²) in [6.45, 7) is 12.0. The highest BCUT2D eigenvalue weighted by Crippen LogP contribution is 2.27. The number of nitrogens with zero attached hydrogens (tertiary/aromatic N) is 4. The molecule has 0 atom stereocenters. The Kier molecular flexibility index (Phi) is 5.85. The molecular weight excluding hydrogens is 456 g/mol. The first kappa shape index (κ1) is 22.1. The second-order valence-corrected chi connectivity index (χ2v) is 9.96. The van der Waals surface area contributed by atoms with Crippen LogP contribution in [-0.4, -0.2) is 57.1 Å². The van der Waals surface area contributed by atoms with Crippen molar-refractivity contribution < 1.29 is 19.1 Å². The van der Waals surface area contributed by atoms with E-state index in [0.29, 0.717) is 34.8 Å². The van der Waals surface area contributed by atoms with Gasteiger partial charge >= 0.3 is 12.2 Å². The van der Waals surface area contributed by atoms with E-state index < -0.39 is 23.4 Å². The molecule has 1 fully saturated rings. The van der Waals surface area contributed by atoms with Crippen LogP contribution in [-0.2, 0) is 9.47 Å². The molecule has 0 spiro atoms. The summed E-state index contributed by atoms with van der Waals surface area (Å²) in [4.78, 5) is 30.8. The van der Waals surface area contributed by atoms with Crippen LogP contribution in [0.5, 0.6) is 0 Å². The van der Waals surface area contributed by atoms with Crippen LogP contribution < -0.4 is 15.5 Å². The van der Waals surface area contributed by atoms with E-state index in [9.17, 15) is 9.59 Å². The second-order valence-electron chi connectivity index (χ2n) is 9.10. The van der Waals surface area contributed by atoms with Gasteiger partial charge in [-0.05, 0) is 57.5 Å². The van der Waals surface area contributed by atoms with Crippen LogP contribution in [0.1, 0.15) is 41.5 Å². The van der Waals surface area contributed by atoms with E-state index in [1.54, 1.807) is 33.0 Å². The first-order chi connectivity index (χ1) is 13.8. The molecule has 0 aromatic carbocycles. The minimum atomic E-state index is -0.623. The zero-order valence-corrected chi connectivity index (χ0v) is 19.5. The number of ether oxygens (including phenoxy) is 2. The average molecular weight is 483 g/mol. The summed E-state index contributed by atoms with van der Waals surface area (Å²) in [5.41, 5.74) is -0.611. The molecule has 0 unspecified atom stereocenters. The van der Waals surface area contributed by atoms with Gasteiger partial charge in [-0.25, -0.2) is 14.6 Å². The van der Waals surface area contributed by atoms with E-state index in [1.807, 2.05) is 25.7 Å². The fraction of sp³-hybridized carbons (Fsp3) is 0.579. The Morgan fingerprint density at radius 2 is 1.70 bits per heavy atom. The Balaban J connectivity index is 1.72. The molecule has 1 saturated heterocycles. The highest BCUT2D eigenvalue weighted by Gasteiger charge is 2.31. The number of halogens is 1. The molecule has 10 nitrogen and oxygen atoms in total. The number of alkyl carbamates (subject to hydrolysis) is 1. The summed E-state index contributed by atoms with van der Waals surface area (Å²) in [6, 6.07) is 1.67. The van der Waals surface area contributed by atoms with Crippen LogP contribution in [0.4, 0.5) is 21.2 Å². The van der Waals surface area contributed by atoms with E-state index in [4.69, 9.17) is 9.47 Å². The number of anilines is 2. The molecule has 2 N–H and O–H groups in total. The molecule has 2 aromatic rings. The van der Waals surface area contributed by atoms with E-state index in [2.05, 4.69) is 36.6 Å². The number of carbonyl (C=O) groups is 2. The molecule has 11 heteroatoms. The van der Waals surface area contributed by atoms with Crippen LogP contribution >= 0.6 is 15.9 Å². The maximum Gasteiger partial charge on any atom is 0.413 e. The number of rotatable bonds is 3. The van der Waals surface area contributed by atoms with Crippen molar-refractivity contribution in [3.8, 4) is 0 Å². The number of hydrogen-bond acceptors (Lipinski definition) is 7. The van der Waals surface area contributed by atoms with Crippen molar-refractivity contribution in [1.82, 2.24) is 19.9 Å². The van der Waals surface area contributed by atoms with Gasteiger partial charge in [0.2, 0.25) is 0 Å². The van der Waals surface area contributed by atoms with Crippen molar-refractivity contribution in [3.63, 3.8) is 0 Å².